The van der Waals surface area contributed by atoms with E-state index in [4.69, 9.17) is 5.14 Å². The summed E-state index contributed by atoms with van der Waals surface area (Å²) < 4.78 is 48.4. The second kappa shape index (κ2) is 4.48. The lowest BCUT2D eigenvalue weighted by Crippen LogP contribution is -2.18. The van der Waals surface area contributed by atoms with E-state index in [1.807, 2.05) is 0 Å². The molecule has 0 atom stereocenters. The Labute approximate surface area is 114 Å². The van der Waals surface area contributed by atoms with Gasteiger partial charge in [-0.1, -0.05) is 0 Å². The molecule has 1 aliphatic rings. The topological polar surface area (TPSA) is 106 Å². The van der Waals surface area contributed by atoms with Crippen molar-refractivity contribution < 1.29 is 16.8 Å². The Morgan fingerprint density at radius 1 is 1.22 bits per heavy atom. The van der Waals surface area contributed by atoms with Crippen LogP contribution in [-0.4, -0.2) is 22.1 Å². The summed E-state index contributed by atoms with van der Waals surface area (Å²) in [5, 5.41) is 4.63. The number of benzene rings is 1. The molecular formula is C9H11BrN2O4S2. The van der Waals surface area contributed by atoms with Crippen LogP contribution < -0.4 is 9.86 Å². The average molecular weight is 355 g/mol. The van der Waals surface area contributed by atoms with Crippen molar-refractivity contribution in [1.82, 2.24) is 0 Å². The standard InChI is InChI=1S/C9H11BrN2O4S2/c10-8-5-7(17(11,13)14)3-4-9(8)12-18(15,16)6-1-2-6/h3-6,12H,1-2H2,(H2,11,13,14). The summed E-state index contributed by atoms with van der Waals surface area (Å²) in [4.78, 5) is -0.0799. The van der Waals surface area contributed by atoms with Gasteiger partial charge in [0, 0.05) is 4.47 Å². The first-order valence-corrected chi connectivity index (χ1v) is 8.93. The molecule has 3 N–H and O–H groups in total. The van der Waals surface area contributed by atoms with Crippen LogP contribution in [0.25, 0.3) is 0 Å². The lowest BCUT2D eigenvalue weighted by molar-refractivity contribution is 0.597. The van der Waals surface area contributed by atoms with Gasteiger partial charge in [-0.05, 0) is 47.0 Å². The third-order valence-corrected chi connectivity index (χ3v) is 5.91. The van der Waals surface area contributed by atoms with Crippen molar-refractivity contribution >= 4 is 41.7 Å². The molecule has 0 aliphatic heterocycles. The minimum atomic E-state index is -3.80. The van der Waals surface area contributed by atoms with Crippen LogP contribution in [0, 0.1) is 0 Å². The van der Waals surface area contributed by atoms with Gasteiger partial charge in [-0.2, -0.15) is 0 Å². The number of nitrogens with one attached hydrogen (secondary N) is 1. The molecule has 0 bridgehead atoms. The molecule has 0 spiro atoms. The van der Waals surface area contributed by atoms with Crippen LogP contribution in [0.15, 0.2) is 27.6 Å². The van der Waals surface area contributed by atoms with Gasteiger partial charge in [0.25, 0.3) is 0 Å². The van der Waals surface area contributed by atoms with Gasteiger partial charge in [0.05, 0.1) is 15.8 Å². The maximum Gasteiger partial charge on any atom is 0.238 e. The van der Waals surface area contributed by atoms with Crippen molar-refractivity contribution in [2.45, 2.75) is 23.0 Å². The lowest BCUT2D eigenvalue weighted by Gasteiger charge is -2.09. The van der Waals surface area contributed by atoms with E-state index < -0.39 is 20.0 Å². The normalized spacial score (nSPS) is 16.6. The summed E-state index contributed by atoms with van der Waals surface area (Å²) in [6.07, 6.45) is 1.31. The second-order valence-electron chi connectivity index (χ2n) is 4.03. The molecule has 0 radical (unpaired) electrons. The lowest BCUT2D eigenvalue weighted by atomic mass is 10.3. The predicted molar refractivity (Wildman–Crippen MR) is 71.1 cm³/mol. The zero-order valence-corrected chi connectivity index (χ0v) is 12.3. The van der Waals surface area contributed by atoms with E-state index in [-0.39, 0.29) is 10.1 Å². The van der Waals surface area contributed by atoms with E-state index in [1.165, 1.54) is 18.2 Å². The molecular weight excluding hydrogens is 344 g/mol. The Morgan fingerprint density at radius 2 is 1.83 bits per heavy atom. The molecule has 1 fully saturated rings. The van der Waals surface area contributed by atoms with Gasteiger partial charge in [0.1, 0.15) is 0 Å². The van der Waals surface area contributed by atoms with Crippen LogP contribution in [0.1, 0.15) is 12.8 Å². The number of rotatable bonds is 4. The molecule has 0 saturated heterocycles. The van der Waals surface area contributed by atoms with Gasteiger partial charge in [-0.25, -0.2) is 22.0 Å². The molecule has 1 saturated carbocycles. The van der Waals surface area contributed by atoms with Gasteiger partial charge >= 0.3 is 0 Å². The highest BCUT2D eigenvalue weighted by Crippen LogP contribution is 2.32. The first kappa shape index (κ1) is 13.8. The number of halogens is 1. The Morgan fingerprint density at radius 3 is 2.28 bits per heavy atom. The van der Waals surface area contributed by atoms with Gasteiger partial charge in [0.15, 0.2) is 0 Å². The summed E-state index contributed by atoms with van der Waals surface area (Å²) in [6.45, 7) is 0. The Bertz CT molecular complexity index is 681. The number of nitrogens with two attached hydrogens (primary N) is 1. The highest BCUT2D eigenvalue weighted by Gasteiger charge is 2.36. The quantitative estimate of drug-likeness (QED) is 0.840. The molecule has 2 rings (SSSR count). The fourth-order valence-corrected chi connectivity index (χ4v) is 4.08. The molecule has 6 nitrogen and oxygen atoms in total. The molecule has 0 amide bonds. The highest BCUT2D eigenvalue weighted by atomic mass is 79.9. The Balaban J connectivity index is 2.31. The van der Waals surface area contributed by atoms with Crippen molar-refractivity contribution in [2.75, 3.05) is 4.72 Å². The maximum atomic E-state index is 11.7. The van der Waals surface area contributed by atoms with E-state index in [9.17, 15) is 16.8 Å². The van der Waals surface area contributed by atoms with Crippen LogP contribution in [0.4, 0.5) is 5.69 Å². The van der Waals surface area contributed by atoms with E-state index in [0.29, 0.717) is 23.0 Å². The van der Waals surface area contributed by atoms with Crippen LogP contribution in [0.2, 0.25) is 0 Å². The van der Waals surface area contributed by atoms with Gasteiger partial charge in [-0.15, -0.1) is 0 Å². The van der Waals surface area contributed by atoms with Crippen LogP contribution >= 0.6 is 15.9 Å². The largest absolute Gasteiger partial charge is 0.282 e. The van der Waals surface area contributed by atoms with Crippen molar-refractivity contribution in [3.05, 3.63) is 22.7 Å². The maximum absolute atomic E-state index is 11.7. The summed E-state index contributed by atoms with van der Waals surface area (Å²) in [5.41, 5.74) is 0.300. The molecule has 18 heavy (non-hydrogen) atoms. The van der Waals surface area contributed by atoms with Crippen molar-refractivity contribution in [3.8, 4) is 0 Å². The fourth-order valence-electron chi connectivity index (χ4n) is 1.37. The molecule has 9 heteroatoms. The van der Waals surface area contributed by atoms with Crippen LogP contribution in [0.3, 0.4) is 0 Å². The van der Waals surface area contributed by atoms with Crippen molar-refractivity contribution in [1.29, 1.82) is 0 Å². The van der Waals surface area contributed by atoms with Crippen molar-refractivity contribution in [2.24, 2.45) is 5.14 Å². The summed E-state index contributed by atoms with van der Waals surface area (Å²) in [7, 11) is -7.17. The molecule has 1 aliphatic carbocycles. The number of sulfonamides is 2. The molecule has 100 valence electrons. The monoisotopic (exact) mass is 354 g/mol. The minimum Gasteiger partial charge on any atom is -0.282 e. The van der Waals surface area contributed by atoms with Crippen molar-refractivity contribution in [3.63, 3.8) is 0 Å². The predicted octanol–water partition coefficient (Wildman–Crippen LogP) is 1.00. The van der Waals surface area contributed by atoms with Gasteiger partial charge < -0.3 is 0 Å². The summed E-state index contributed by atoms with van der Waals surface area (Å²) in [5.74, 6) is 0. The van der Waals surface area contributed by atoms with E-state index in [1.54, 1.807) is 0 Å². The second-order valence-corrected chi connectivity index (χ2v) is 8.41. The number of primary sulfonamides is 1. The zero-order valence-electron chi connectivity index (χ0n) is 9.13. The third-order valence-electron chi connectivity index (χ3n) is 2.48. The molecule has 1 aromatic rings. The zero-order chi connectivity index (χ0) is 13.6. The number of hydrogen-bond acceptors (Lipinski definition) is 4. The summed E-state index contributed by atoms with van der Waals surface area (Å²) in [6, 6.07) is 3.88. The molecule has 0 unspecified atom stereocenters. The third kappa shape index (κ3) is 3.02. The number of hydrogen-bond donors (Lipinski definition) is 2. The number of anilines is 1. The molecule has 0 heterocycles. The van der Waals surface area contributed by atoms with Crippen LogP contribution in [0.5, 0.6) is 0 Å². The Hall–Kier alpha value is -0.640. The average Bonchev–Trinajstić information content (AvgIpc) is 3.02. The Kier molecular flexibility index (Phi) is 3.43. The highest BCUT2D eigenvalue weighted by molar-refractivity contribution is 9.10. The van der Waals surface area contributed by atoms with E-state index in [2.05, 4.69) is 20.7 Å². The molecule has 0 aromatic heterocycles. The minimum absolute atomic E-state index is 0.0799. The first-order valence-electron chi connectivity index (χ1n) is 5.04. The van der Waals surface area contributed by atoms with Gasteiger partial charge in [0.2, 0.25) is 20.0 Å². The fraction of sp³-hybridized carbons (Fsp3) is 0.333. The SMILES string of the molecule is NS(=O)(=O)c1ccc(NS(=O)(=O)C2CC2)c(Br)c1. The first-order chi connectivity index (χ1) is 8.20. The smallest absolute Gasteiger partial charge is 0.238 e. The van der Waals surface area contributed by atoms with E-state index in [0.717, 1.165) is 0 Å². The van der Waals surface area contributed by atoms with E-state index >= 15 is 0 Å². The van der Waals surface area contributed by atoms with Crippen LogP contribution in [-0.2, 0) is 20.0 Å². The molecule has 1 aromatic carbocycles. The summed E-state index contributed by atoms with van der Waals surface area (Å²) >= 11 is 3.11. The van der Waals surface area contributed by atoms with Gasteiger partial charge in [-0.3, -0.25) is 4.72 Å².